The SMILES string of the molecule is CN(C)CCn1nc(-c2ccc3c(c2)OCO3)c2cc3c(cc2c1=O)OCO3. The molecule has 28 heavy (non-hydrogen) atoms. The average molecular weight is 381 g/mol. The van der Waals surface area contributed by atoms with Crippen molar-refractivity contribution in [3.63, 3.8) is 0 Å². The molecule has 0 bridgehead atoms. The molecule has 8 heteroatoms. The first-order valence-electron chi connectivity index (χ1n) is 8.99. The second kappa shape index (κ2) is 6.42. The van der Waals surface area contributed by atoms with E-state index in [1.807, 2.05) is 43.3 Å². The van der Waals surface area contributed by atoms with Crippen molar-refractivity contribution in [2.75, 3.05) is 34.2 Å². The normalized spacial score (nSPS) is 14.2. The van der Waals surface area contributed by atoms with Crippen molar-refractivity contribution in [2.45, 2.75) is 6.54 Å². The molecule has 0 saturated heterocycles. The van der Waals surface area contributed by atoms with Crippen LogP contribution in [0.1, 0.15) is 0 Å². The third-order valence-electron chi connectivity index (χ3n) is 4.86. The van der Waals surface area contributed by atoms with E-state index in [0.29, 0.717) is 52.6 Å². The van der Waals surface area contributed by atoms with Crippen LogP contribution in [-0.2, 0) is 6.54 Å². The van der Waals surface area contributed by atoms with E-state index >= 15 is 0 Å². The van der Waals surface area contributed by atoms with Crippen molar-refractivity contribution in [1.29, 1.82) is 0 Å². The topological polar surface area (TPSA) is 75.1 Å². The smallest absolute Gasteiger partial charge is 0.274 e. The largest absolute Gasteiger partial charge is 0.454 e. The molecule has 2 aliphatic rings. The van der Waals surface area contributed by atoms with Gasteiger partial charge in [0.15, 0.2) is 23.0 Å². The second-order valence-electron chi connectivity index (χ2n) is 7.00. The maximum Gasteiger partial charge on any atom is 0.274 e. The summed E-state index contributed by atoms with van der Waals surface area (Å²) in [7, 11) is 3.92. The van der Waals surface area contributed by atoms with Gasteiger partial charge in [-0.05, 0) is 44.4 Å². The lowest BCUT2D eigenvalue weighted by atomic mass is 10.0. The molecule has 1 aromatic heterocycles. The molecule has 0 saturated carbocycles. The van der Waals surface area contributed by atoms with Crippen molar-refractivity contribution in [1.82, 2.24) is 14.7 Å². The highest BCUT2D eigenvalue weighted by Crippen LogP contribution is 2.40. The van der Waals surface area contributed by atoms with Crippen molar-refractivity contribution in [3.8, 4) is 34.3 Å². The Bertz CT molecular complexity index is 1140. The quantitative estimate of drug-likeness (QED) is 0.685. The van der Waals surface area contributed by atoms with Crippen LogP contribution in [0.15, 0.2) is 35.1 Å². The van der Waals surface area contributed by atoms with E-state index in [1.165, 1.54) is 4.68 Å². The molecule has 0 fully saturated rings. The first-order chi connectivity index (χ1) is 13.6. The third kappa shape index (κ3) is 2.73. The monoisotopic (exact) mass is 381 g/mol. The van der Waals surface area contributed by atoms with Gasteiger partial charge >= 0.3 is 0 Å². The zero-order valence-electron chi connectivity index (χ0n) is 15.6. The maximum atomic E-state index is 13.1. The van der Waals surface area contributed by atoms with Crippen LogP contribution in [0.5, 0.6) is 23.0 Å². The van der Waals surface area contributed by atoms with Gasteiger partial charge in [0.25, 0.3) is 5.56 Å². The van der Waals surface area contributed by atoms with E-state index in [0.717, 1.165) is 5.56 Å². The van der Waals surface area contributed by atoms with Gasteiger partial charge in [-0.1, -0.05) is 0 Å². The van der Waals surface area contributed by atoms with E-state index in [9.17, 15) is 4.79 Å². The summed E-state index contributed by atoms with van der Waals surface area (Å²) < 4.78 is 23.4. The molecule has 0 N–H and O–H groups in total. The van der Waals surface area contributed by atoms with Gasteiger partial charge in [-0.3, -0.25) is 4.79 Å². The average Bonchev–Trinajstić information content (AvgIpc) is 3.34. The van der Waals surface area contributed by atoms with E-state index in [-0.39, 0.29) is 19.1 Å². The van der Waals surface area contributed by atoms with Crippen molar-refractivity contribution in [3.05, 3.63) is 40.7 Å². The van der Waals surface area contributed by atoms with E-state index in [1.54, 1.807) is 6.07 Å². The molecule has 5 rings (SSSR count). The zero-order chi connectivity index (χ0) is 19.3. The Hall–Kier alpha value is -3.26. The number of rotatable bonds is 4. The number of fused-ring (bicyclic) bond motifs is 3. The lowest BCUT2D eigenvalue weighted by Gasteiger charge is -2.14. The lowest BCUT2D eigenvalue weighted by Crippen LogP contribution is -2.29. The summed E-state index contributed by atoms with van der Waals surface area (Å²) >= 11 is 0. The van der Waals surface area contributed by atoms with Crippen LogP contribution in [-0.4, -0.2) is 48.9 Å². The molecule has 3 aromatic rings. The molecule has 0 spiro atoms. The van der Waals surface area contributed by atoms with Crippen LogP contribution in [0.4, 0.5) is 0 Å². The summed E-state index contributed by atoms with van der Waals surface area (Å²) in [6, 6.07) is 9.22. The molecular weight excluding hydrogens is 362 g/mol. The molecule has 0 radical (unpaired) electrons. The number of aromatic nitrogens is 2. The summed E-state index contributed by atoms with van der Waals surface area (Å²) in [5, 5.41) is 5.94. The van der Waals surface area contributed by atoms with Crippen LogP contribution < -0.4 is 24.5 Å². The Morgan fingerprint density at radius 1 is 0.929 bits per heavy atom. The molecule has 0 amide bonds. The highest BCUT2D eigenvalue weighted by atomic mass is 16.7. The van der Waals surface area contributed by atoms with E-state index in [4.69, 9.17) is 18.9 Å². The second-order valence-corrected chi connectivity index (χ2v) is 7.00. The molecule has 2 aliphatic heterocycles. The minimum Gasteiger partial charge on any atom is -0.454 e. The molecule has 0 aliphatic carbocycles. The van der Waals surface area contributed by atoms with Crippen LogP contribution in [0, 0.1) is 0 Å². The van der Waals surface area contributed by atoms with Gasteiger partial charge in [0.1, 0.15) is 0 Å². The predicted octanol–water partition coefficient (Wildman–Crippen LogP) is 2.08. The van der Waals surface area contributed by atoms with Crippen molar-refractivity contribution >= 4 is 10.8 Å². The highest BCUT2D eigenvalue weighted by Gasteiger charge is 2.22. The molecule has 0 atom stereocenters. The Kier molecular flexibility index (Phi) is 3.87. The zero-order valence-corrected chi connectivity index (χ0v) is 15.6. The van der Waals surface area contributed by atoms with E-state index < -0.39 is 0 Å². The van der Waals surface area contributed by atoms with Crippen molar-refractivity contribution in [2.24, 2.45) is 0 Å². The Labute approximate surface area is 160 Å². The summed E-state index contributed by atoms with van der Waals surface area (Å²) in [4.78, 5) is 15.1. The predicted molar refractivity (Wildman–Crippen MR) is 102 cm³/mol. The van der Waals surface area contributed by atoms with Crippen LogP contribution >= 0.6 is 0 Å². The van der Waals surface area contributed by atoms with Gasteiger partial charge in [-0.15, -0.1) is 0 Å². The Morgan fingerprint density at radius 2 is 1.57 bits per heavy atom. The number of likely N-dealkylation sites (N-methyl/N-ethyl adjacent to an activating group) is 1. The summed E-state index contributed by atoms with van der Waals surface area (Å²) in [5.41, 5.74) is 1.37. The van der Waals surface area contributed by atoms with Crippen LogP contribution in [0.25, 0.3) is 22.0 Å². The number of benzene rings is 2. The molecule has 8 nitrogen and oxygen atoms in total. The van der Waals surface area contributed by atoms with Gasteiger partial charge in [-0.2, -0.15) is 5.10 Å². The molecule has 144 valence electrons. The van der Waals surface area contributed by atoms with Crippen LogP contribution in [0.3, 0.4) is 0 Å². The number of hydrogen-bond acceptors (Lipinski definition) is 7. The van der Waals surface area contributed by atoms with E-state index in [2.05, 4.69) is 5.10 Å². The van der Waals surface area contributed by atoms with Gasteiger partial charge in [0.05, 0.1) is 17.6 Å². The molecule has 0 unspecified atom stereocenters. The fraction of sp³-hybridized carbons (Fsp3) is 0.300. The van der Waals surface area contributed by atoms with Gasteiger partial charge < -0.3 is 23.8 Å². The van der Waals surface area contributed by atoms with Gasteiger partial charge in [0, 0.05) is 17.5 Å². The number of hydrogen-bond donors (Lipinski definition) is 0. The summed E-state index contributed by atoms with van der Waals surface area (Å²) in [6.45, 7) is 1.53. The standard InChI is InChI=1S/C20H19N3O5/c1-22(2)5-6-23-20(24)14-9-18-17(27-11-28-18)8-13(14)19(21-23)12-3-4-15-16(7-12)26-10-25-15/h3-4,7-9H,5-6,10-11H2,1-2H3. The fourth-order valence-electron chi connectivity index (χ4n) is 3.38. The van der Waals surface area contributed by atoms with Gasteiger partial charge in [0.2, 0.25) is 13.6 Å². The minimum atomic E-state index is -0.153. The number of ether oxygens (including phenoxy) is 4. The summed E-state index contributed by atoms with van der Waals surface area (Å²) in [6.07, 6.45) is 0. The summed E-state index contributed by atoms with van der Waals surface area (Å²) in [5.74, 6) is 2.55. The number of nitrogens with zero attached hydrogens (tertiary/aromatic N) is 3. The molecule has 3 heterocycles. The highest BCUT2D eigenvalue weighted by molar-refractivity contribution is 5.96. The van der Waals surface area contributed by atoms with Crippen molar-refractivity contribution < 1.29 is 18.9 Å². The Morgan fingerprint density at radius 3 is 2.29 bits per heavy atom. The fourth-order valence-corrected chi connectivity index (χ4v) is 3.38. The van der Waals surface area contributed by atoms with Gasteiger partial charge in [-0.25, -0.2) is 4.68 Å². The first kappa shape index (κ1) is 16.9. The lowest BCUT2D eigenvalue weighted by molar-refractivity contribution is 0.173. The van der Waals surface area contributed by atoms with Crippen LogP contribution in [0.2, 0.25) is 0 Å². The molecular formula is C20H19N3O5. The maximum absolute atomic E-state index is 13.1. The molecule has 2 aromatic carbocycles. The third-order valence-corrected chi connectivity index (χ3v) is 4.86. The Balaban J connectivity index is 1.74. The first-order valence-corrected chi connectivity index (χ1v) is 8.99. The minimum absolute atomic E-state index is 0.146.